The lowest BCUT2D eigenvalue weighted by atomic mass is 10.0. The van der Waals surface area contributed by atoms with Gasteiger partial charge in [0.05, 0.1) is 5.92 Å². The third-order valence-corrected chi connectivity index (χ3v) is 4.45. The van der Waals surface area contributed by atoms with Gasteiger partial charge in [-0.15, -0.1) is 0 Å². The monoisotopic (exact) mass is 369 g/mol. The fourth-order valence-corrected chi connectivity index (χ4v) is 3.07. The van der Waals surface area contributed by atoms with Gasteiger partial charge in [0, 0.05) is 17.7 Å². The number of hydrogen-bond acceptors (Lipinski definition) is 4. The van der Waals surface area contributed by atoms with Gasteiger partial charge in [0.1, 0.15) is 5.60 Å². The summed E-state index contributed by atoms with van der Waals surface area (Å²) in [5, 5.41) is 11.8. The van der Waals surface area contributed by atoms with E-state index in [0.717, 1.165) is 12.0 Å². The highest BCUT2D eigenvalue weighted by molar-refractivity contribution is 5.92. The lowest BCUT2D eigenvalue weighted by Crippen LogP contribution is -2.25. The van der Waals surface area contributed by atoms with Crippen molar-refractivity contribution in [1.82, 2.24) is 0 Å². The zero-order valence-electron chi connectivity index (χ0n) is 15.6. The van der Waals surface area contributed by atoms with Crippen LogP contribution in [0.1, 0.15) is 37.8 Å². The van der Waals surface area contributed by atoms with E-state index < -0.39 is 11.9 Å². The van der Waals surface area contributed by atoms with Crippen molar-refractivity contribution in [1.29, 1.82) is 0 Å². The summed E-state index contributed by atoms with van der Waals surface area (Å²) in [6.07, 6.45) is 0.792. The van der Waals surface area contributed by atoms with Crippen LogP contribution in [0.25, 0.3) is 0 Å². The topological polar surface area (TPSA) is 84.9 Å². The number of ether oxygens (including phenoxy) is 2. The van der Waals surface area contributed by atoms with Crippen LogP contribution in [0.2, 0.25) is 0 Å². The predicted octanol–water partition coefficient (Wildman–Crippen LogP) is 3.61. The number of hydrogen-bond donors (Lipinski definition) is 2. The van der Waals surface area contributed by atoms with Crippen molar-refractivity contribution in [3.05, 3.63) is 53.6 Å². The Morgan fingerprint density at radius 1 is 1.26 bits per heavy atom. The maximum absolute atomic E-state index is 12.2. The van der Waals surface area contributed by atoms with Gasteiger partial charge in [0.2, 0.25) is 0 Å². The molecule has 0 aliphatic carbocycles. The molecule has 6 nitrogen and oxygen atoms in total. The molecule has 27 heavy (non-hydrogen) atoms. The smallest absolute Gasteiger partial charge is 0.310 e. The molecular weight excluding hydrogens is 346 g/mol. The molecular formula is C21H23NO5. The quantitative estimate of drug-likeness (QED) is 0.813. The van der Waals surface area contributed by atoms with Crippen LogP contribution in [0.4, 0.5) is 5.69 Å². The maximum atomic E-state index is 12.2. The molecule has 1 atom stereocenters. The normalized spacial score (nSPS) is 15.4. The van der Waals surface area contributed by atoms with Crippen LogP contribution in [0.5, 0.6) is 11.5 Å². The van der Waals surface area contributed by atoms with Crippen LogP contribution in [0, 0.1) is 0 Å². The number of aliphatic carboxylic acids is 1. The first-order valence-corrected chi connectivity index (χ1v) is 8.81. The number of carbonyl (C=O) groups excluding carboxylic acids is 1. The van der Waals surface area contributed by atoms with E-state index in [0.29, 0.717) is 22.7 Å². The van der Waals surface area contributed by atoms with Crippen molar-refractivity contribution in [3.8, 4) is 11.5 Å². The van der Waals surface area contributed by atoms with Gasteiger partial charge in [-0.2, -0.15) is 0 Å². The lowest BCUT2D eigenvalue weighted by molar-refractivity contribution is -0.138. The first-order chi connectivity index (χ1) is 12.7. The summed E-state index contributed by atoms with van der Waals surface area (Å²) in [5.74, 6) is -0.660. The van der Waals surface area contributed by atoms with Gasteiger partial charge < -0.3 is 19.9 Å². The molecule has 0 saturated carbocycles. The number of carbonyl (C=O) groups is 2. The largest absolute Gasteiger partial charge is 0.483 e. The van der Waals surface area contributed by atoms with E-state index in [-0.39, 0.29) is 18.1 Å². The highest BCUT2D eigenvalue weighted by Gasteiger charge is 2.32. The van der Waals surface area contributed by atoms with Crippen molar-refractivity contribution < 1.29 is 24.2 Å². The molecule has 2 aromatic rings. The number of carboxylic acids is 1. The predicted molar refractivity (Wildman–Crippen MR) is 101 cm³/mol. The van der Waals surface area contributed by atoms with E-state index in [9.17, 15) is 9.59 Å². The number of amides is 1. The molecule has 142 valence electrons. The highest BCUT2D eigenvalue weighted by atomic mass is 16.5. The first-order valence-electron chi connectivity index (χ1n) is 8.81. The number of benzene rings is 2. The Balaban J connectivity index is 1.63. The van der Waals surface area contributed by atoms with Crippen molar-refractivity contribution in [2.24, 2.45) is 0 Å². The molecule has 2 N–H and O–H groups in total. The molecule has 1 amide bonds. The number of rotatable bonds is 6. The third-order valence-electron chi connectivity index (χ3n) is 4.45. The Morgan fingerprint density at radius 2 is 2.00 bits per heavy atom. The molecule has 1 unspecified atom stereocenters. The van der Waals surface area contributed by atoms with Crippen LogP contribution < -0.4 is 14.8 Å². The van der Waals surface area contributed by atoms with Gasteiger partial charge in [-0.3, -0.25) is 9.59 Å². The summed E-state index contributed by atoms with van der Waals surface area (Å²) in [5.41, 5.74) is 1.93. The SMILES string of the molecule is CC(C(=O)O)c1cccc(NC(=O)COc2cccc3c2OC(C)(C)C3)c1. The highest BCUT2D eigenvalue weighted by Crippen LogP contribution is 2.41. The van der Waals surface area contributed by atoms with Crippen molar-refractivity contribution in [2.75, 3.05) is 11.9 Å². The van der Waals surface area contributed by atoms with Crippen LogP contribution in [0.15, 0.2) is 42.5 Å². The van der Waals surface area contributed by atoms with E-state index in [4.69, 9.17) is 14.6 Å². The fourth-order valence-electron chi connectivity index (χ4n) is 3.07. The Hall–Kier alpha value is -3.02. The average molecular weight is 369 g/mol. The second kappa shape index (κ2) is 7.31. The second-order valence-electron chi connectivity index (χ2n) is 7.31. The molecule has 0 aromatic heterocycles. The molecule has 0 spiro atoms. The minimum absolute atomic E-state index is 0.168. The van der Waals surface area contributed by atoms with E-state index in [1.807, 2.05) is 26.0 Å². The van der Waals surface area contributed by atoms with Crippen molar-refractivity contribution in [3.63, 3.8) is 0 Å². The van der Waals surface area contributed by atoms with Gasteiger partial charge >= 0.3 is 5.97 Å². The molecule has 0 fully saturated rings. The molecule has 1 aliphatic heterocycles. The van der Waals surface area contributed by atoms with Gasteiger partial charge in [0.25, 0.3) is 5.91 Å². The van der Waals surface area contributed by atoms with Crippen LogP contribution in [-0.4, -0.2) is 29.2 Å². The summed E-state index contributed by atoms with van der Waals surface area (Å²) in [4.78, 5) is 23.3. The molecule has 0 saturated heterocycles. The minimum Gasteiger partial charge on any atom is -0.483 e. The molecule has 0 radical (unpaired) electrons. The minimum atomic E-state index is -0.914. The van der Waals surface area contributed by atoms with Gasteiger partial charge in [-0.1, -0.05) is 24.3 Å². The fraction of sp³-hybridized carbons (Fsp3) is 0.333. The van der Waals surface area contributed by atoms with Crippen molar-refractivity contribution in [2.45, 2.75) is 38.7 Å². The van der Waals surface area contributed by atoms with Crippen LogP contribution >= 0.6 is 0 Å². The number of carboxylic acid groups (broad SMARTS) is 1. The Labute approximate surface area is 158 Å². The summed E-state index contributed by atoms with van der Waals surface area (Å²) < 4.78 is 11.6. The van der Waals surface area contributed by atoms with Crippen LogP contribution in [-0.2, 0) is 16.0 Å². The lowest BCUT2D eigenvalue weighted by Gasteiger charge is -2.18. The Bertz CT molecular complexity index is 875. The maximum Gasteiger partial charge on any atom is 0.310 e. The zero-order chi connectivity index (χ0) is 19.6. The van der Waals surface area contributed by atoms with Gasteiger partial charge in [-0.25, -0.2) is 0 Å². The number of anilines is 1. The molecule has 1 aliphatic rings. The third kappa shape index (κ3) is 4.39. The molecule has 2 aromatic carbocycles. The molecule has 0 bridgehead atoms. The van der Waals surface area contributed by atoms with E-state index in [1.54, 1.807) is 37.3 Å². The average Bonchev–Trinajstić information content (AvgIpc) is 2.93. The summed E-state index contributed by atoms with van der Waals surface area (Å²) >= 11 is 0. The van der Waals surface area contributed by atoms with Crippen molar-refractivity contribution >= 4 is 17.6 Å². The van der Waals surface area contributed by atoms with Gasteiger partial charge in [0.15, 0.2) is 18.1 Å². The molecule has 6 heteroatoms. The molecule has 1 heterocycles. The number of para-hydroxylation sites is 1. The summed E-state index contributed by atoms with van der Waals surface area (Å²) in [6, 6.07) is 12.5. The van der Waals surface area contributed by atoms with E-state index in [1.165, 1.54) is 0 Å². The molecule has 3 rings (SSSR count). The zero-order valence-corrected chi connectivity index (χ0v) is 15.6. The Morgan fingerprint density at radius 3 is 2.74 bits per heavy atom. The van der Waals surface area contributed by atoms with E-state index >= 15 is 0 Å². The first kappa shape index (κ1) is 18.8. The van der Waals surface area contributed by atoms with E-state index in [2.05, 4.69) is 5.32 Å². The standard InChI is InChI=1S/C21H23NO5/c1-13(20(24)25)14-6-4-8-16(10-14)22-18(23)12-26-17-9-5-7-15-11-21(2,3)27-19(15)17/h4-10,13H,11-12H2,1-3H3,(H,22,23)(H,24,25). The summed E-state index contributed by atoms with van der Waals surface area (Å²) in [6.45, 7) is 5.45. The second-order valence-corrected chi connectivity index (χ2v) is 7.31. The van der Waals surface area contributed by atoms with Crippen LogP contribution in [0.3, 0.4) is 0 Å². The number of nitrogens with one attached hydrogen (secondary N) is 1. The van der Waals surface area contributed by atoms with Gasteiger partial charge in [-0.05, 0) is 44.5 Å². The number of fused-ring (bicyclic) bond motifs is 1. The Kier molecular flexibility index (Phi) is 5.08. The summed E-state index contributed by atoms with van der Waals surface area (Å²) in [7, 11) is 0.